The summed E-state index contributed by atoms with van der Waals surface area (Å²) in [5.74, 6) is -0.853. The molecule has 6 heteroatoms. The van der Waals surface area contributed by atoms with Gasteiger partial charge in [-0.1, -0.05) is 24.6 Å². The summed E-state index contributed by atoms with van der Waals surface area (Å²) >= 11 is 0. The van der Waals surface area contributed by atoms with Gasteiger partial charge in [0.05, 0.1) is 12.5 Å². The van der Waals surface area contributed by atoms with Gasteiger partial charge in [0.25, 0.3) is 0 Å². The Kier molecular flexibility index (Phi) is 6.21. The van der Waals surface area contributed by atoms with Crippen molar-refractivity contribution in [1.82, 2.24) is 5.32 Å². The van der Waals surface area contributed by atoms with E-state index in [0.29, 0.717) is 26.1 Å². The number of hydrogen-bond donors (Lipinski definition) is 2. The Morgan fingerprint density at radius 1 is 1.18 bits per heavy atom. The van der Waals surface area contributed by atoms with Gasteiger partial charge >= 0.3 is 5.97 Å². The molecule has 1 aliphatic carbocycles. The molecule has 0 aromatic heterocycles. The minimum atomic E-state index is -0.847. The topological polar surface area (TPSA) is 84.9 Å². The normalized spacial score (nSPS) is 20.5. The van der Waals surface area contributed by atoms with Crippen LogP contribution in [-0.4, -0.2) is 42.8 Å². The van der Waals surface area contributed by atoms with Crippen molar-refractivity contribution in [2.24, 2.45) is 5.92 Å². The number of ether oxygens (including phenoxy) is 2. The molecule has 0 heterocycles. The summed E-state index contributed by atoms with van der Waals surface area (Å²) in [6.45, 7) is 0.578. The fourth-order valence-corrected chi connectivity index (χ4v) is 2.58. The summed E-state index contributed by atoms with van der Waals surface area (Å²) in [4.78, 5) is 22.8. The molecule has 1 amide bonds. The number of amides is 1. The number of carboxylic acid groups (broad SMARTS) is 1. The number of aliphatic carboxylic acids is 1. The van der Waals surface area contributed by atoms with Crippen LogP contribution in [0.3, 0.4) is 0 Å². The van der Waals surface area contributed by atoms with E-state index in [1.165, 1.54) is 0 Å². The van der Waals surface area contributed by atoms with Gasteiger partial charge in [-0.25, -0.2) is 0 Å². The van der Waals surface area contributed by atoms with Crippen molar-refractivity contribution in [3.8, 4) is 5.75 Å². The molecule has 0 radical (unpaired) electrons. The Hall–Kier alpha value is -2.08. The molecular weight excluding hydrogens is 286 g/mol. The van der Waals surface area contributed by atoms with Crippen LogP contribution >= 0.6 is 0 Å². The zero-order chi connectivity index (χ0) is 15.8. The highest BCUT2D eigenvalue weighted by Gasteiger charge is 2.33. The molecular formula is C16H21NO5. The molecule has 2 atom stereocenters. The average Bonchev–Trinajstić information content (AvgIpc) is 2.96. The highest BCUT2D eigenvalue weighted by Crippen LogP contribution is 2.25. The van der Waals surface area contributed by atoms with E-state index in [4.69, 9.17) is 14.6 Å². The van der Waals surface area contributed by atoms with Crippen LogP contribution in [-0.2, 0) is 14.3 Å². The molecule has 2 rings (SSSR count). The van der Waals surface area contributed by atoms with Crippen LogP contribution in [0.4, 0.5) is 0 Å². The van der Waals surface area contributed by atoms with Gasteiger partial charge in [0.1, 0.15) is 19.0 Å². The predicted molar refractivity (Wildman–Crippen MR) is 79.7 cm³/mol. The molecule has 120 valence electrons. The second-order valence-electron chi connectivity index (χ2n) is 5.26. The van der Waals surface area contributed by atoms with Gasteiger partial charge in [0.15, 0.2) is 0 Å². The van der Waals surface area contributed by atoms with Crippen molar-refractivity contribution < 1.29 is 24.2 Å². The molecule has 0 saturated heterocycles. The maximum absolute atomic E-state index is 11.7. The molecule has 1 fully saturated rings. The smallest absolute Gasteiger partial charge is 0.308 e. The van der Waals surface area contributed by atoms with Crippen molar-refractivity contribution in [3.05, 3.63) is 30.3 Å². The van der Waals surface area contributed by atoms with Crippen LogP contribution in [0.2, 0.25) is 0 Å². The second-order valence-corrected chi connectivity index (χ2v) is 5.26. The predicted octanol–water partition coefficient (Wildman–Crippen LogP) is 1.45. The van der Waals surface area contributed by atoms with Crippen LogP contribution in [0, 0.1) is 5.92 Å². The van der Waals surface area contributed by atoms with E-state index in [9.17, 15) is 9.59 Å². The highest BCUT2D eigenvalue weighted by molar-refractivity contribution is 5.79. The van der Waals surface area contributed by atoms with E-state index in [2.05, 4.69) is 5.32 Å². The van der Waals surface area contributed by atoms with Gasteiger partial charge in [0.2, 0.25) is 5.91 Å². The molecule has 1 aromatic rings. The van der Waals surface area contributed by atoms with Crippen LogP contribution in [0.1, 0.15) is 19.3 Å². The third kappa shape index (κ3) is 5.04. The van der Waals surface area contributed by atoms with Crippen molar-refractivity contribution in [3.63, 3.8) is 0 Å². The summed E-state index contributed by atoms with van der Waals surface area (Å²) in [7, 11) is 0. The molecule has 6 nitrogen and oxygen atoms in total. The standard InChI is InChI=1S/C16H21NO5/c18-15(17-14-8-4-7-13(14)16(19)20)11-21-9-10-22-12-5-2-1-3-6-12/h1-3,5-6,13-14H,4,7-11H2,(H,17,18)(H,19,20)/t13-,14+/m1/s1. The maximum Gasteiger partial charge on any atom is 0.308 e. The molecule has 1 aliphatic rings. The lowest BCUT2D eigenvalue weighted by Gasteiger charge is -2.17. The summed E-state index contributed by atoms with van der Waals surface area (Å²) < 4.78 is 10.7. The summed E-state index contributed by atoms with van der Waals surface area (Å²) in [6, 6.07) is 9.07. The third-order valence-electron chi connectivity index (χ3n) is 3.65. The van der Waals surface area contributed by atoms with E-state index in [0.717, 1.165) is 12.2 Å². The number of carbonyl (C=O) groups is 2. The number of para-hydroxylation sites is 1. The van der Waals surface area contributed by atoms with Crippen molar-refractivity contribution in [2.45, 2.75) is 25.3 Å². The molecule has 0 unspecified atom stereocenters. The Bertz CT molecular complexity index is 491. The molecule has 0 spiro atoms. The zero-order valence-electron chi connectivity index (χ0n) is 12.4. The Balaban J connectivity index is 1.59. The maximum atomic E-state index is 11.7. The van der Waals surface area contributed by atoms with Gasteiger partial charge in [-0.2, -0.15) is 0 Å². The molecule has 1 saturated carbocycles. The molecule has 1 aromatic carbocycles. The lowest BCUT2D eigenvalue weighted by Crippen LogP contribution is -2.41. The number of carbonyl (C=O) groups excluding carboxylic acids is 1. The fourth-order valence-electron chi connectivity index (χ4n) is 2.58. The van der Waals surface area contributed by atoms with E-state index in [1.54, 1.807) is 0 Å². The lowest BCUT2D eigenvalue weighted by molar-refractivity contribution is -0.142. The van der Waals surface area contributed by atoms with Crippen LogP contribution in [0.15, 0.2) is 30.3 Å². The third-order valence-corrected chi connectivity index (χ3v) is 3.65. The van der Waals surface area contributed by atoms with E-state index < -0.39 is 11.9 Å². The SMILES string of the molecule is O=C(COCCOc1ccccc1)N[C@H]1CCC[C@H]1C(=O)O. The Morgan fingerprint density at radius 2 is 1.95 bits per heavy atom. The van der Waals surface area contributed by atoms with Crippen LogP contribution in [0.5, 0.6) is 5.75 Å². The molecule has 2 N–H and O–H groups in total. The second kappa shape index (κ2) is 8.38. The first-order valence-corrected chi connectivity index (χ1v) is 7.44. The minimum Gasteiger partial charge on any atom is -0.491 e. The zero-order valence-corrected chi connectivity index (χ0v) is 12.4. The molecule has 22 heavy (non-hydrogen) atoms. The number of rotatable bonds is 8. The first-order chi connectivity index (χ1) is 10.7. The van der Waals surface area contributed by atoms with Gasteiger partial charge in [-0.05, 0) is 25.0 Å². The number of benzene rings is 1. The average molecular weight is 307 g/mol. The van der Waals surface area contributed by atoms with Crippen molar-refractivity contribution in [1.29, 1.82) is 0 Å². The van der Waals surface area contributed by atoms with Gasteiger partial charge in [-0.15, -0.1) is 0 Å². The van der Waals surface area contributed by atoms with Gasteiger partial charge < -0.3 is 19.9 Å². The first kappa shape index (κ1) is 16.3. The lowest BCUT2D eigenvalue weighted by atomic mass is 10.0. The summed E-state index contributed by atoms with van der Waals surface area (Å²) in [5, 5.41) is 11.8. The largest absolute Gasteiger partial charge is 0.491 e. The fraction of sp³-hybridized carbons (Fsp3) is 0.500. The van der Waals surface area contributed by atoms with Crippen LogP contribution in [0.25, 0.3) is 0 Å². The highest BCUT2D eigenvalue weighted by atomic mass is 16.5. The molecule has 0 bridgehead atoms. The van der Waals surface area contributed by atoms with E-state index in [1.807, 2.05) is 30.3 Å². The number of nitrogens with one attached hydrogen (secondary N) is 1. The molecule has 0 aliphatic heterocycles. The van der Waals surface area contributed by atoms with Gasteiger partial charge in [-0.3, -0.25) is 9.59 Å². The summed E-state index contributed by atoms with van der Waals surface area (Å²) in [6.07, 6.45) is 2.15. The first-order valence-electron chi connectivity index (χ1n) is 7.44. The Labute approximate surface area is 129 Å². The van der Waals surface area contributed by atoms with Crippen LogP contribution < -0.4 is 10.1 Å². The number of hydrogen-bond acceptors (Lipinski definition) is 4. The van der Waals surface area contributed by atoms with Crippen molar-refractivity contribution in [2.75, 3.05) is 19.8 Å². The monoisotopic (exact) mass is 307 g/mol. The van der Waals surface area contributed by atoms with Crippen molar-refractivity contribution >= 4 is 11.9 Å². The van der Waals surface area contributed by atoms with Gasteiger partial charge in [0, 0.05) is 6.04 Å². The Morgan fingerprint density at radius 3 is 2.68 bits per heavy atom. The quantitative estimate of drug-likeness (QED) is 0.710. The summed E-state index contributed by atoms with van der Waals surface area (Å²) in [5.41, 5.74) is 0. The van der Waals surface area contributed by atoms with E-state index in [-0.39, 0.29) is 18.6 Å². The minimum absolute atomic E-state index is 0.0824. The number of carboxylic acids is 1. The van der Waals surface area contributed by atoms with E-state index >= 15 is 0 Å².